The molecule has 4 heteroatoms. The fraction of sp³-hybridized carbons (Fsp3) is 0.833. The van der Waals surface area contributed by atoms with Gasteiger partial charge in [0.15, 0.2) is 6.17 Å². The van der Waals surface area contributed by atoms with Crippen LogP contribution in [0.4, 0.5) is 4.39 Å². The maximum absolute atomic E-state index is 12.7. The molecule has 0 aromatic rings. The highest BCUT2D eigenvalue weighted by Crippen LogP contribution is 2.21. The zero-order chi connectivity index (χ0) is 7.72. The highest BCUT2D eigenvalue weighted by atomic mass is 19.1. The first-order valence-corrected chi connectivity index (χ1v) is 3.29. The first-order valence-electron chi connectivity index (χ1n) is 3.29. The second kappa shape index (κ2) is 2.54. The van der Waals surface area contributed by atoms with Crippen molar-refractivity contribution in [2.75, 3.05) is 0 Å². The number of hydrogen-bond donors (Lipinski definition) is 2. The van der Waals surface area contributed by atoms with Gasteiger partial charge in [-0.15, -0.1) is 0 Å². The highest BCUT2D eigenvalue weighted by molar-refractivity contribution is 5.83. The first-order chi connectivity index (χ1) is 4.66. The fourth-order valence-corrected chi connectivity index (χ4v) is 1.12. The van der Waals surface area contributed by atoms with E-state index in [4.69, 9.17) is 5.11 Å². The number of hydrogen-bond acceptors (Lipinski definition) is 2. The van der Waals surface area contributed by atoms with E-state index >= 15 is 0 Å². The maximum Gasteiger partial charge on any atom is 0.257 e. The van der Waals surface area contributed by atoms with Gasteiger partial charge in [0.25, 0.3) is 5.91 Å². The minimum atomic E-state index is -1.53. The molecule has 3 atom stereocenters. The van der Waals surface area contributed by atoms with Crippen LogP contribution in [0.25, 0.3) is 0 Å². The molecule has 2 N–H and O–H groups in total. The van der Waals surface area contributed by atoms with Crippen molar-refractivity contribution in [1.82, 2.24) is 5.32 Å². The zero-order valence-electron chi connectivity index (χ0n) is 5.67. The number of aliphatic hydroxyl groups excluding tert-OH is 1. The van der Waals surface area contributed by atoms with Gasteiger partial charge < -0.3 is 10.4 Å². The molecule has 1 amide bonds. The molecule has 0 spiro atoms. The summed E-state index contributed by atoms with van der Waals surface area (Å²) in [5, 5.41) is 11.1. The lowest BCUT2D eigenvalue weighted by molar-refractivity contribution is -0.124. The van der Waals surface area contributed by atoms with Crippen LogP contribution in [0.1, 0.15) is 13.3 Å². The molecule has 10 heavy (non-hydrogen) atoms. The molecule has 0 bridgehead atoms. The van der Waals surface area contributed by atoms with Gasteiger partial charge in [0.2, 0.25) is 0 Å². The van der Waals surface area contributed by atoms with E-state index in [2.05, 4.69) is 5.32 Å². The van der Waals surface area contributed by atoms with E-state index < -0.39 is 24.2 Å². The Morgan fingerprint density at radius 1 is 1.80 bits per heavy atom. The van der Waals surface area contributed by atoms with Gasteiger partial charge in [0, 0.05) is 5.92 Å². The van der Waals surface area contributed by atoms with Gasteiger partial charge in [-0.1, -0.05) is 6.92 Å². The zero-order valence-corrected chi connectivity index (χ0v) is 5.67. The Balaban J connectivity index is 2.64. The monoisotopic (exact) mass is 147 g/mol. The Hall–Kier alpha value is -0.640. The molecule has 0 aliphatic carbocycles. The van der Waals surface area contributed by atoms with Crippen LogP contribution in [0, 0.1) is 5.92 Å². The lowest BCUT2D eigenvalue weighted by atomic mass is 10.0. The summed E-state index contributed by atoms with van der Waals surface area (Å²) in [6, 6.07) is 0. The van der Waals surface area contributed by atoms with Gasteiger partial charge in [-0.2, -0.15) is 0 Å². The summed E-state index contributed by atoms with van der Waals surface area (Å²) in [7, 11) is 0. The molecule has 58 valence electrons. The first kappa shape index (κ1) is 7.47. The van der Waals surface area contributed by atoms with Crippen molar-refractivity contribution in [3.63, 3.8) is 0 Å². The number of nitrogens with one attached hydrogen (secondary N) is 1. The minimum Gasteiger partial charge on any atom is -0.373 e. The number of alkyl halides is 1. The third kappa shape index (κ3) is 0.988. The van der Waals surface area contributed by atoms with Crippen LogP contribution in [-0.4, -0.2) is 23.4 Å². The normalized spacial score (nSPS) is 39.9. The summed E-state index contributed by atoms with van der Waals surface area (Å²) >= 11 is 0. The van der Waals surface area contributed by atoms with Gasteiger partial charge >= 0.3 is 0 Å². The molecular weight excluding hydrogens is 137 g/mol. The van der Waals surface area contributed by atoms with Crippen LogP contribution in [0.5, 0.6) is 0 Å². The molecule has 1 fully saturated rings. The number of carbonyl (C=O) groups excluding carboxylic acids is 1. The average Bonchev–Trinajstić information content (AvgIpc) is 2.09. The van der Waals surface area contributed by atoms with Crippen molar-refractivity contribution in [1.29, 1.82) is 0 Å². The topological polar surface area (TPSA) is 49.3 Å². The van der Waals surface area contributed by atoms with Gasteiger partial charge in [-0.05, 0) is 6.42 Å². The number of amides is 1. The molecule has 0 aromatic heterocycles. The van der Waals surface area contributed by atoms with Gasteiger partial charge in [-0.25, -0.2) is 4.39 Å². The smallest absolute Gasteiger partial charge is 0.257 e. The van der Waals surface area contributed by atoms with E-state index in [1.807, 2.05) is 0 Å². The number of rotatable bonds is 1. The molecular formula is C6H10FNO2. The van der Waals surface area contributed by atoms with E-state index in [0.29, 0.717) is 6.42 Å². The summed E-state index contributed by atoms with van der Waals surface area (Å²) in [6.07, 6.45) is -2.05. The third-order valence-corrected chi connectivity index (χ3v) is 1.79. The van der Waals surface area contributed by atoms with E-state index in [1.165, 1.54) is 0 Å². The van der Waals surface area contributed by atoms with Crippen molar-refractivity contribution in [2.24, 2.45) is 5.92 Å². The third-order valence-electron chi connectivity index (χ3n) is 1.79. The quantitative estimate of drug-likeness (QED) is 0.539. The highest BCUT2D eigenvalue weighted by Gasteiger charge is 2.40. The largest absolute Gasteiger partial charge is 0.373 e. The number of carbonyl (C=O) groups is 1. The second-order valence-electron chi connectivity index (χ2n) is 2.43. The summed E-state index contributed by atoms with van der Waals surface area (Å²) in [6.45, 7) is 1.74. The maximum atomic E-state index is 12.7. The standard InChI is InChI=1S/C6H10FNO2/c1-2-3-4(7)6(10)8-5(3)9/h3-5,9H,2H2,1H3,(H,8,10)/t3-,4+,5?/m1/s1. The SMILES string of the molecule is CC[C@H]1C(O)NC(=O)[C@H]1F. The predicted molar refractivity (Wildman–Crippen MR) is 32.8 cm³/mol. The van der Waals surface area contributed by atoms with E-state index in [9.17, 15) is 9.18 Å². The Kier molecular flexibility index (Phi) is 1.89. The fourth-order valence-electron chi connectivity index (χ4n) is 1.12. The Morgan fingerprint density at radius 2 is 2.40 bits per heavy atom. The van der Waals surface area contributed by atoms with E-state index in [-0.39, 0.29) is 0 Å². The molecule has 1 aliphatic heterocycles. The van der Waals surface area contributed by atoms with Crippen LogP contribution in [-0.2, 0) is 4.79 Å². The molecule has 1 saturated heterocycles. The van der Waals surface area contributed by atoms with Crippen molar-refractivity contribution in [3.8, 4) is 0 Å². The van der Waals surface area contributed by atoms with Crippen molar-refractivity contribution < 1.29 is 14.3 Å². The second-order valence-corrected chi connectivity index (χ2v) is 2.43. The predicted octanol–water partition coefficient (Wildman–Crippen LogP) is -0.201. The van der Waals surface area contributed by atoms with Crippen LogP contribution in [0.2, 0.25) is 0 Å². The minimum absolute atomic E-state index is 0.473. The molecule has 0 saturated carbocycles. The van der Waals surface area contributed by atoms with E-state index in [0.717, 1.165) is 0 Å². The van der Waals surface area contributed by atoms with Crippen LogP contribution >= 0.6 is 0 Å². The molecule has 0 radical (unpaired) electrons. The van der Waals surface area contributed by atoms with Gasteiger partial charge in [-0.3, -0.25) is 4.79 Å². The molecule has 1 unspecified atom stereocenters. The van der Waals surface area contributed by atoms with Gasteiger partial charge in [0.05, 0.1) is 0 Å². The van der Waals surface area contributed by atoms with Crippen LogP contribution in [0.15, 0.2) is 0 Å². The molecule has 0 aromatic carbocycles. The number of aliphatic hydroxyl groups is 1. The number of halogens is 1. The van der Waals surface area contributed by atoms with Crippen LogP contribution in [0.3, 0.4) is 0 Å². The average molecular weight is 147 g/mol. The molecule has 1 heterocycles. The van der Waals surface area contributed by atoms with Crippen molar-refractivity contribution in [3.05, 3.63) is 0 Å². The van der Waals surface area contributed by atoms with E-state index in [1.54, 1.807) is 6.92 Å². The Morgan fingerprint density at radius 3 is 2.60 bits per heavy atom. The lowest BCUT2D eigenvalue weighted by Gasteiger charge is -2.10. The summed E-state index contributed by atoms with van der Waals surface area (Å²) in [5.41, 5.74) is 0. The van der Waals surface area contributed by atoms with Crippen molar-refractivity contribution >= 4 is 5.91 Å². The van der Waals surface area contributed by atoms with Crippen molar-refractivity contribution in [2.45, 2.75) is 25.7 Å². The molecule has 3 nitrogen and oxygen atoms in total. The Bertz CT molecular complexity index is 151. The lowest BCUT2D eigenvalue weighted by Crippen LogP contribution is -2.27. The summed E-state index contributed by atoms with van der Waals surface area (Å²) < 4.78 is 12.7. The Labute approximate surface area is 58.2 Å². The molecule has 1 aliphatic rings. The van der Waals surface area contributed by atoms with Crippen LogP contribution < -0.4 is 5.32 Å². The molecule has 1 rings (SSSR count). The summed E-state index contributed by atoms with van der Waals surface area (Å²) in [4.78, 5) is 10.5. The van der Waals surface area contributed by atoms with Gasteiger partial charge in [0.1, 0.15) is 6.23 Å². The summed E-state index contributed by atoms with van der Waals surface area (Å²) in [5.74, 6) is -1.26.